The van der Waals surface area contributed by atoms with Gasteiger partial charge in [-0.15, -0.1) is 0 Å². The van der Waals surface area contributed by atoms with Crippen LogP contribution >= 0.6 is 23.2 Å². The van der Waals surface area contributed by atoms with Crippen molar-refractivity contribution in [2.24, 2.45) is 5.73 Å². The average Bonchev–Trinajstić information content (AvgIpc) is 2.46. The van der Waals surface area contributed by atoms with E-state index in [1.807, 2.05) is 0 Å². The number of benzene rings is 1. The largest absolute Gasteiger partial charge is 0.490 e. The van der Waals surface area contributed by atoms with E-state index in [9.17, 15) is 4.79 Å². The van der Waals surface area contributed by atoms with Gasteiger partial charge in [-0.05, 0) is 13.8 Å². The molecule has 22 heavy (non-hydrogen) atoms. The molecule has 1 rings (SSSR count). The lowest BCUT2D eigenvalue weighted by Crippen LogP contribution is -2.46. The zero-order valence-electron chi connectivity index (χ0n) is 12.5. The fourth-order valence-corrected chi connectivity index (χ4v) is 2.42. The van der Waals surface area contributed by atoms with E-state index in [0.717, 1.165) is 4.90 Å². The molecule has 2 amide bonds. The Morgan fingerprint density at radius 3 is 2.41 bits per heavy atom. The molecule has 0 aliphatic heterocycles. The quantitative estimate of drug-likeness (QED) is 0.562. The smallest absolute Gasteiger partial charge is 0.328 e. The number of rotatable bonds is 5. The molecule has 0 spiro atoms. The van der Waals surface area contributed by atoms with Gasteiger partial charge in [-0.3, -0.25) is 5.41 Å². The molecule has 0 bridgehead atoms. The van der Waals surface area contributed by atoms with Crippen LogP contribution in [0.25, 0.3) is 0 Å². The van der Waals surface area contributed by atoms with Crippen molar-refractivity contribution in [2.75, 3.05) is 25.2 Å². The third-order valence-corrected chi connectivity index (χ3v) is 3.22. The van der Waals surface area contributed by atoms with Gasteiger partial charge in [0.15, 0.2) is 11.5 Å². The van der Waals surface area contributed by atoms with Crippen LogP contribution in [0.5, 0.6) is 11.5 Å². The highest BCUT2D eigenvalue weighted by molar-refractivity contribution is 6.42. The Bertz CT molecular complexity index is 581. The number of ether oxygens (including phenoxy) is 2. The first-order valence-electron chi connectivity index (χ1n) is 6.52. The summed E-state index contributed by atoms with van der Waals surface area (Å²) in [5, 5.41) is 10.1. The van der Waals surface area contributed by atoms with Crippen molar-refractivity contribution < 1.29 is 14.3 Å². The molecule has 0 aliphatic rings. The molecule has 122 valence electrons. The Hall–Kier alpha value is -1.86. The van der Waals surface area contributed by atoms with Crippen molar-refractivity contribution >= 4 is 40.9 Å². The molecule has 9 heteroatoms. The van der Waals surface area contributed by atoms with Crippen molar-refractivity contribution in [3.8, 4) is 11.5 Å². The molecule has 7 nitrogen and oxygen atoms in total. The number of hydrogen-bond donors (Lipinski definition) is 3. The van der Waals surface area contributed by atoms with Crippen LogP contribution in [0.4, 0.5) is 10.5 Å². The van der Waals surface area contributed by atoms with Gasteiger partial charge in [0.25, 0.3) is 0 Å². The van der Waals surface area contributed by atoms with Gasteiger partial charge in [-0.25, -0.2) is 9.69 Å². The number of halogens is 2. The number of hydrogen-bond acceptors (Lipinski definition) is 4. The maximum absolute atomic E-state index is 11.9. The van der Waals surface area contributed by atoms with Crippen LogP contribution in [0.2, 0.25) is 10.0 Å². The molecule has 0 aromatic heterocycles. The highest BCUT2D eigenvalue weighted by atomic mass is 35.5. The first-order valence-corrected chi connectivity index (χ1v) is 7.27. The number of urea groups is 1. The van der Waals surface area contributed by atoms with Crippen molar-refractivity contribution in [1.29, 1.82) is 5.41 Å². The maximum Gasteiger partial charge on any atom is 0.328 e. The summed E-state index contributed by atoms with van der Waals surface area (Å²) in [6.45, 7) is 4.30. The number of anilines is 1. The second-order valence-electron chi connectivity index (χ2n) is 3.99. The van der Waals surface area contributed by atoms with Crippen LogP contribution in [-0.2, 0) is 0 Å². The van der Waals surface area contributed by atoms with Crippen LogP contribution < -0.4 is 25.4 Å². The number of guanidine groups is 1. The van der Waals surface area contributed by atoms with Gasteiger partial charge in [0.2, 0.25) is 5.96 Å². The van der Waals surface area contributed by atoms with Crippen LogP contribution in [0.15, 0.2) is 6.07 Å². The van der Waals surface area contributed by atoms with Crippen molar-refractivity contribution in [2.45, 2.75) is 13.8 Å². The lowest BCUT2D eigenvalue weighted by Gasteiger charge is -2.24. The number of nitrogens with two attached hydrogens (primary N) is 1. The Labute approximate surface area is 138 Å². The molecule has 0 aliphatic carbocycles. The van der Waals surface area contributed by atoms with Gasteiger partial charge in [-0.1, -0.05) is 23.2 Å². The predicted octanol–water partition coefficient (Wildman–Crippen LogP) is 2.83. The Balaban J connectivity index is 3.56. The highest BCUT2D eigenvalue weighted by Gasteiger charge is 2.27. The van der Waals surface area contributed by atoms with Crippen LogP contribution in [-0.4, -0.2) is 32.3 Å². The molecule has 0 fully saturated rings. The fourth-order valence-electron chi connectivity index (χ4n) is 1.76. The van der Waals surface area contributed by atoms with Gasteiger partial charge in [0.1, 0.15) is 5.02 Å². The third kappa shape index (κ3) is 3.66. The predicted molar refractivity (Wildman–Crippen MR) is 87.6 cm³/mol. The molecule has 0 heterocycles. The van der Waals surface area contributed by atoms with E-state index in [1.54, 1.807) is 13.8 Å². The standard InChI is InChI=1S/C13H18Cl2N4O3/c1-4-21-8-6-7(14)10(9(15)11(8)22-5-2)19(12(16)17)13(20)18-3/h6H,4-5H2,1-3H3,(H3,16,17)(H,18,20). The van der Waals surface area contributed by atoms with E-state index < -0.39 is 12.0 Å². The summed E-state index contributed by atoms with van der Waals surface area (Å²) >= 11 is 12.5. The Kier molecular flexibility index (Phi) is 6.58. The van der Waals surface area contributed by atoms with Crippen molar-refractivity contribution in [1.82, 2.24) is 5.32 Å². The number of nitrogens with one attached hydrogen (secondary N) is 2. The highest BCUT2D eigenvalue weighted by Crippen LogP contribution is 2.46. The Morgan fingerprint density at radius 2 is 1.95 bits per heavy atom. The minimum atomic E-state index is -0.650. The number of nitrogens with zero attached hydrogens (tertiary/aromatic N) is 1. The first kappa shape index (κ1) is 18.2. The molecule has 0 unspecified atom stereocenters. The zero-order valence-corrected chi connectivity index (χ0v) is 14.0. The topological polar surface area (TPSA) is 101 Å². The van der Waals surface area contributed by atoms with E-state index in [-0.39, 0.29) is 21.5 Å². The normalized spacial score (nSPS) is 10.0. The SMILES string of the molecule is CCOc1cc(Cl)c(N(C(=N)N)C(=O)NC)c(Cl)c1OCC. The molecular weight excluding hydrogens is 331 g/mol. The summed E-state index contributed by atoms with van der Waals surface area (Å²) in [6.07, 6.45) is 0. The van der Waals surface area contributed by atoms with Gasteiger partial charge < -0.3 is 20.5 Å². The number of carbonyl (C=O) groups excluding carboxylic acids is 1. The van der Waals surface area contributed by atoms with E-state index in [2.05, 4.69) is 5.32 Å². The van der Waals surface area contributed by atoms with Gasteiger partial charge in [-0.2, -0.15) is 0 Å². The lowest BCUT2D eigenvalue weighted by atomic mass is 10.2. The fraction of sp³-hybridized carbons (Fsp3) is 0.385. The summed E-state index contributed by atoms with van der Waals surface area (Å²) in [7, 11) is 1.40. The molecule has 1 aromatic rings. The van der Waals surface area contributed by atoms with Crippen molar-refractivity contribution in [3.05, 3.63) is 16.1 Å². The molecule has 1 aromatic carbocycles. The van der Waals surface area contributed by atoms with Gasteiger partial charge in [0.05, 0.1) is 23.9 Å². The molecule has 4 N–H and O–H groups in total. The van der Waals surface area contributed by atoms with E-state index in [1.165, 1.54) is 13.1 Å². The second kappa shape index (κ2) is 7.95. The summed E-state index contributed by atoms with van der Waals surface area (Å²) < 4.78 is 10.9. The summed E-state index contributed by atoms with van der Waals surface area (Å²) in [4.78, 5) is 12.8. The molecule has 0 atom stereocenters. The lowest BCUT2D eigenvalue weighted by molar-refractivity contribution is 0.251. The van der Waals surface area contributed by atoms with E-state index >= 15 is 0 Å². The first-order chi connectivity index (χ1) is 10.4. The molecule has 0 radical (unpaired) electrons. The molecule has 0 saturated carbocycles. The van der Waals surface area contributed by atoms with E-state index in [0.29, 0.717) is 19.0 Å². The van der Waals surface area contributed by atoms with Gasteiger partial charge in [0, 0.05) is 13.1 Å². The third-order valence-electron chi connectivity index (χ3n) is 2.59. The van der Waals surface area contributed by atoms with Crippen molar-refractivity contribution in [3.63, 3.8) is 0 Å². The summed E-state index contributed by atoms with van der Waals surface area (Å²) in [5.41, 5.74) is 5.52. The zero-order chi connectivity index (χ0) is 16.9. The second-order valence-corrected chi connectivity index (χ2v) is 4.78. The van der Waals surface area contributed by atoms with E-state index in [4.69, 9.17) is 43.8 Å². The van der Waals surface area contributed by atoms with Crippen LogP contribution in [0.1, 0.15) is 13.8 Å². The summed E-state index contributed by atoms with van der Waals surface area (Å²) in [5.74, 6) is 0.0545. The van der Waals surface area contributed by atoms with Gasteiger partial charge >= 0.3 is 6.03 Å². The number of carbonyl (C=O) groups is 1. The number of amides is 2. The average molecular weight is 349 g/mol. The molecular formula is C13H18Cl2N4O3. The maximum atomic E-state index is 11.9. The van der Waals surface area contributed by atoms with Crippen LogP contribution in [0, 0.1) is 5.41 Å². The molecule has 0 saturated heterocycles. The minimum Gasteiger partial charge on any atom is -0.490 e. The monoisotopic (exact) mass is 348 g/mol. The Morgan fingerprint density at radius 1 is 1.36 bits per heavy atom. The summed E-state index contributed by atoms with van der Waals surface area (Å²) in [6, 6.07) is 0.818. The van der Waals surface area contributed by atoms with Crippen LogP contribution in [0.3, 0.4) is 0 Å². The minimum absolute atomic E-state index is 0.0385.